The molecule has 1 aromatic carbocycles. The highest BCUT2D eigenvalue weighted by Crippen LogP contribution is 1.96. The zero-order valence-electron chi connectivity index (χ0n) is 10.5. The molecule has 0 amide bonds. The third-order valence-corrected chi connectivity index (χ3v) is 3.38. The maximum absolute atomic E-state index is 5.35. The van der Waals surface area contributed by atoms with Gasteiger partial charge in [0.2, 0.25) is 0 Å². The quantitative estimate of drug-likeness (QED) is 0.592. The van der Waals surface area contributed by atoms with Crippen molar-refractivity contribution in [1.82, 2.24) is 0 Å². The molecule has 1 fully saturated rings. The van der Waals surface area contributed by atoms with E-state index in [1.165, 1.54) is 44.7 Å². The Hall–Kier alpha value is -0.900. The van der Waals surface area contributed by atoms with Gasteiger partial charge in [0.15, 0.2) is 0 Å². The number of nitrogens with one attached hydrogen (secondary N) is 1. The van der Waals surface area contributed by atoms with Crippen molar-refractivity contribution in [3.8, 4) is 0 Å². The number of quaternary nitrogens is 2. The van der Waals surface area contributed by atoms with Crippen molar-refractivity contribution in [2.75, 3.05) is 45.9 Å². The third kappa shape index (κ3) is 4.86. The van der Waals surface area contributed by atoms with Crippen LogP contribution in [0.3, 0.4) is 0 Å². The van der Waals surface area contributed by atoms with Gasteiger partial charge in [-0.25, -0.2) is 0 Å². The second kappa shape index (κ2) is 7.43. The molecule has 0 aliphatic carbocycles. The molecule has 1 saturated heterocycles. The zero-order chi connectivity index (χ0) is 11.8. The lowest BCUT2D eigenvalue weighted by molar-refractivity contribution is -0.919. The first-order chi connectivity index (χ1) is 8.45. The molecular weight excluding hydrogens is 212 g/mol. The predicted octanol–water partition coefficient (Wildman–Crippen LogP) is -1.29. The van der Waals surface area contributed by atoms with Gasteiger partial charge in [-0.15, -0.1) is 0 Å². The number of morpholine rings is 1. The van der Waals surface area contributed by atoms with Gasteiger partial charge in [0, 0.05) is 6.42 Å². The summed E-state index contributed by atoms with van der Waals surface area (Å²) in [6.45, 7) is 7.98. The fraction of sp³-hybridized carbons (Fsp3) is 0.571. The van der Waals surface area contributed by atoms with Crippen LogP contribution in [0.15, 0.2) is 30.3 Å². The molecule has 0 aromatic heterocycles. The molecule has 17 heavy (non-hydrogen) atoms. The van der Waals surface area contributed by atoms with Crippen molar-refractivity contribution in [2.24, 2.45) is 0 Å². The fourth-order valence-corrected chi connectivity index (χ4v) is 2.27. The van der Waals surface area contributed by atoms with Crippen molar-refractivity contribution in [2.45, 2.75) is 6.42 Å². The molecule has 0 spiro atoms. The van der Waals surface area contributed by atoms with E-state index >= 15 is 0 Å². The van der Waals surface area contributed by atoms with Crippen molar-refractivity contribution in [1.29, 1.82) is 0 Å². The molecule has 1 aliphatic heterocycles. The van der Waals surface area contributed by atoms with Crippen LogP contribution in [0.1, 0.15) is 5.56 Å². The smallest absolute Gasteiger partial charge is 0.127 e. The van der Waals surface area contributed by atoms with E-state index < -0.39 is 0 Å². The van der Waals surface area contributed by atoms with Gasteiger partial charge in [0.1, 0.15) is 26.2 Å². The van der Waals surface area contributed by atoms with Gasteiger partial charge in [-0.05, 0) is 5.56 Å². The molecular formula is C14H24N2O+2. The Morgan fingerprint density at radius 1 is 1.06 bits per heavy atom. The highest BCUT2D eigenvalue weighted by molar-refractivity contribution is 5.14. The lowest BCUT2D eigenvalue weighted by atomic mass is 10.1. The number of hydrogen-bond donors (Lipinski definition) is 2. The first kappa shape index (κ1) is 12.6. The van der Waals surface area contributed by atoms with Crippen LogP contribution in [-0.4, -0.2) is 45.9 Å². The highest BCUT2D eigenvalue weighted by atomic mass is 16.5. The zero-order valence-corrected chi connectivity index (χ0v) is 10.5. The molecule has 1 aliphatic rings. The van der Waals surface area contributed by atoms with Gasteiger partial charge in [0.05, 0.1) is 19.8 Å². The fourth-order valence-electron chi connectivity index (χ4n) is 2.27. The Balaban J connectivity index is 1.51. The minimum absolute atomic E-state index is 0.944. The first-order valence-electron chi connectivity index (χ1n) is 6.72. The lowest BCUT2D eigenvalue weighted by Gasteiger charge is -2.22. The van der Waals surface area contributed by atoms with Crippen LogP contribution in [-0.2, 0) is 11.2 Å². The predicted molar refractivity (Wildman–Crippen MR) is 68.2 cm³/mol. The monoisotopic (exact) mass is 236 g/mol. The third-order valence-electron chi connectivity index (χ3n) is 3.38. The number of rotatable bonds is 6. The van der Waals surface area contributed by atoms with E-state index in [4.69, 9.17) is 4.74 Å². The summed E-state index contributed by atoms with van der Waals surface area (Å²) in [7, 11) is 0. The van der Waals surface area contributed by atoms with Gasteiger partial charge in [-0.3, -0.25) is 0 Å². The summed E-state index contributed by atoms with van der Waals surface area (Å²) >= 11 is 0. The molecule has 1 aromatic rings. The molecule has 3 heteroatoms. The molecule has 0 atom stereocenters. The van der Waals surface area contributed by atoms with E-state index in [0.29, 0.717) is 0 Å². The second-order valence-electron chi connectivity index (χ2n) is 4.71. The van der Waals surface area contributed by atoms with Crippen LogP contribution >= 0.6 is 0 Å². The molecule has 0 bridgehead atoms. The SMILES string of the molecule is c1ccc(CC[NH2+]CC[NH+]2CCOCC2)cc1. The second-order valence-corrected chi connectivity index (χ2v) is 4.71. The molecule has 0 unspecified atom stereocenters. The number of nitrogens with two attached hydrogens (primary N) is 1. The molecule has 0 radical (unpaired) electrons. The van der Waals surface area contributed by atoms with Crippen LogP contribution < -0.4 is 10.2 Å². The average molecular weight is 236 g/mol. The maximum atomic E-state index is 5.35. The van der Waals surface area contributed by atoms with E-state index in [1.54, 1.807) is 4.90 Å². The van der Waals surface area contributed by atoms with Crippen molar-refractivity contribution < 1.29 is 15.0 Å². The van der Waals surface area contributed by atoms with Crippen molar-refractivity contribution in [3.05, 3.63) is 35.9 Å². The molecule has 2 rings (SSSR count). The average Bonchev–Trinajstić information content (AvgIpc) is 2.41. The van der Waals surface area contributed by atoms with Crippen molar-refractivity contribution >= 4 is 0 Å². The van der Waals surface area contributed by atoms with Crippen molar-refractivity contribution in [3.63, 3.8) is 0 Å². The first-order valence-corrected chi connectivity index (χ1v) is 6.72. The Labute approximate surface area is 104 Å². The van der Waals surface area contributed by atoms with Crippen LogP contribution in [0.2, 0.25) is 0 Å². The molecule has 3 N–H and O–H groups in total. The molecule has 94 valence electrons. The topological polar surface area (TPSA) is 30.3 Å². The summed E-state index contributed by atoms with van der Waals surface area (Å²) in [5.74, 6) is 0. The summed E-state index contributed by atoms with van der Waals surface area (Å²) < 4.78 is 5.35. The van der Waals surface area contributed by atoms with Crippen LogP contribution in [0.25, 0.3) is 0 Å². The minimum Gasteiger partial charge on any atom is -0.370 e. The molecule has 1 heterocycles. The minimum atomic E-state index is 0.944. The number of hydrogen-bond acceptors (Lipinski definition) is 1. The Kier molecular flexibility index (Phi) is 5.49. The summed E-state index contributed by atoms with van der Waals surface area (Å²) in [5.41, 5.74) is 1.45. The standard InChI is InChI=1S/C14H22N2O/c1-2-4-14(5-3-1)6-7-15-8-9-16-10-12-17-13-11-16/h1-5,15H,6-13H2/p+2. The summed E-state index contributed by atoms with van der Waals surface area (Å²) in [6, 6.07) is 10.7. The van der Waals surface area contributed by atoms with Gasteiger partial charge < -0.3 is 15.0 Å². The van der Waals surface area contributed by atoms with E-state index in [1.807, 2.05) is 0 Å². The van der Waals surface area contributed by atoms with Crippen LogP contribution in [0.5, 0.6) is 0 Å². The Morgan fingerprint density at radius 3 is 2.59 bits per heavy atom. The normalized spacial score (nSPS) is 17.2. The van der Waals surface area contributed by atoms with Gasteiger partial charge in [0.25, 0.3) is 0 Å². The summed E-state index contributed by atoms with van der Waals surface area (Å²) in [4.78, 5) is 1.70. The number of benzene rings is 1. The maximum Gasteiger partial charge on any atom is 0.127 e. The molecule has 3 nitrogen and oxygen atoms in total. The molecule has 0 saturated carbocycles. The highest BCUT2D eigenvalue weighted by Gasteiger charge is 2.13. The van der Waals surface area contributed by atoms with E-state index in [0.717, 1.165) is 13.2 Å². The van der Waals surface area contributed by atoms with Gasteiger partial charge >= 0.3 is 0 Å². The van der Waals surface area contributed by atoms with Crippen LogP contribution in [0.4, 0.5) is 0 Å². The van der Waals surface area contributed by atoms with Gasteiger partial charge in [-0.2, -0.15) is 0 Å². The largest absolute Gasteiger partial charge is 0.370 e. The van der Waals surface area contributed by atoms with E-state index in [9.17, 15) is 0 Å². The lowest BCUT2D eigenvalue weighted by Crippen LogP contribution is -3.16. The van der Waals surface area contributed by atoms with Gasteiger partial charge in [-0.1, -0.05) is 30.3 Å². The number of ether oxygens (including phenoxy) is 1. The Morgan fingerprint density at radius 2 is 1.82 bits per heavy atom. The summed E-state index contributed by atoms with van der Waals surface area (Å²) in [6.07, 6.45) is 1.18. The van der Waals surface area contributed by atoms with E-state index in [-0.39, 0.29) is 0 Å². The summed E-state index contributed by atoms with van der Waals surface area (Å²) in [5, 5.41) is 2.44. The van der Waals surface area contributed by atoms with E-state index in [2.05, 4.69) is 35.6 Å². The Bertz CT molecular complexity index is 296. The van der Waals surface area contributed by atoms with Crippen LogP contribution in [0, 0.1) is 0 Å².